The summed E-state index contributed by atoms with van der Waals surface area (Å²) in [6, 6.07) is 3.27. The minimum absolute atomic E-state index is 0.249. The highest BCUT2D eigenvalue weighted by atomic mass is 19.1. The third-order valence-corrected chi connectivity index (χ3v) is 2.53. The van der Waals surface area contributed by atoms with E-state index in [0.29, 0.717) is 12.4 Å². The molecule has 1 aromatic heterocycles. The van der Waals surface area contributed by atoms with Crippen LogP contribution in [0.5, 0.6) is 0 Å². The van der Waals surface area contributed by atoms with Gasteiger partial charge in [-0.15, -0.1) is 0 Å². The van der Waals surface area contributed by atoms with E-state index in [1.54, 1.807) is 12.3 Å². The van der Waals surface area contributed by atoms with Crippen LogP contribution in [-0.2, 0) is 4.74 Å². The van der Waals surface area contributed by atoms with Gasteiger partial charge in [-0.05, 0) is 18.6 Å². The number of nitrogens with zero attached hydrogens (tertiary/aromatic N) is 2. The molecule has 0 aliphatic carbocycles. The Morgan fingerprint density at radius 1 is 1.64 bits per heavy atom. The van der Waals surface area contributed by atoms with E-state index in [-0.39, 0.29) is 11.9 Å². The van der Waals surface area contributed by atoms with Gasteiger partial charge in [-0.3, -0.25) is 0 Å². The molecule has 1 fully saturated rings. The lowest BCUT2D eigenvalue weighted by Gasteiger charge is -2.24. The quantitative estimate of drug-likeness (QED) is 0.715. The molecule has 0 bridgehead atoms. The average Bonchev–Trinajstić information content (AvgIpc) is 2.70. The maximum absolute atomic E-state index is 13.3. The summed E-state index contributed by atoms with van der Waals surface area (Å²) in [7, 11) is 1.85. The normalized spacial score (nSPS) is 21.1. The number of anilines is 1. The Kier molecular flexibility index (Phi) is 2.63. The minimum atomic E-state index is -0.276. The van der Waals surface area contributed by atoms with E-state index in [2.05, 4.69) is 4.98 Å². The number of likely N-dealkylation sites (N-methyl/N-ethyl adjacent to an activating group) is 1. The lowest BCUT2D eigenvalue weighted by Crippen LogP contribution is -2.33. The highest BCUT2D eigenvalue weighted by Gasteiger charge is 2.22. The predicted octanol–water partition coefficient (Wildman–Crippen LogP) is 1.45. The number of rotatable bonds is 2. The van der Waals surface area contributed by atoms with Gasteiger partial charge in [0.2, 0.25) is 0 Å². The SMILES string of the molecule is CN(c1ncccc1F)[C@@H]1CCOC1. The van der Waals surface area contributed by atoms with E-state index in [0.717, 1.165) is 13.0 Å². The van der Waals surface area contributed by atoms with Gasteiger partial charge < -0.3 is 9.64 Å². The third kappa shape index (κ3) is 1.70. The van der Waals surface area contributed by atoms with Gasteiger partial charge in [0, 0.05) is 19.9 Å². The second kappa shape index (κ2) is 3.92. The fourth-order valence-corrected chi connectivity index (χ4v) is 1.64. The van der Waals surface area contributed by atoms with Crippen LogP contribution < -0.4 is 4.90 Å². The Balaban J connectivity index is 2.17. The average molecular weight is 196 g/mol. The Morgan fingerprint density at radius 2 is 2.50 bits per heavy atom. The summed E-state index contributed by atoms with van der Waals surface area (Å²) < 4.78 is 18.6. The standard InChI is InChI=1S/C10H13FN2O/c1-13(8-4-6-14-7-8)10-9(11)3-2-5-12-10/h2-3,5,8H,4,6-7H2,1H3/t8-/m1/s1. The summed E-state index contributed by atoms with van der Waals surface area (Å²) >= 11 is 0. The van der Waals surface area contributed by atoms with Gasteiger partial charge in [0.05, 0.1) is 12.6 Å². The number of ether oxygens (including phenoxy) is 1. The number of aromatic nitrogens is 1. The van der Waals surface area contributed by atoms with Crippen LogP contribution in [0.1, 0.15) is 6.42 Å². The van der Waals surface area contributed by atoms with Crippen molar-refractivity contribution in [1.29, 1.82) is 0 Å². The van der Waals surface area contributed by atoms with Crippen LogP contribution in [0.25, 0.3) is 0 Å². The van der Waals surface area contributed by atoms with Gasteiger partial charge in [0.1, 0.15) is 0 Å². The molecule has 3 nitrogen and oxygen atoms in total. The molecule has 14 heavy (non-hydrogen) atoms. The van der Waals surface area contributed by atoms with Crippen molar-refractivity contribution in [2.24, 2.45) is 0 Å². The third-order valence-electron chi connectivity index (χ3n) is 2.53. The zero-order chi connectivity index (χ0) is 9.97. The minimum Gasteiger partial charge on any atom is -0.379 e. The zero-order valence-electron chi connectivity index (χ0n) is 8.11. The Bertz CT molecular complexity index is 313. The molecule has 2 rings (SSSR count). The van der Waals surface area contributed by atoms with E-state index < -0.39 is 0 Å². The van der Waals surface area contributed by atoms with Gasteiger partial charge in [-0.1, -0.05) is 0 Å². The zero-order valence-corrected chi connectivity index (χ0v) is 8.11. The molecule has 0 radical (unpaired) electrons. The maximum atomic E-state index is 13.3. The molecular weight excluding hydrogens is 183 g/mol. The van der Waals surface area contributed by atoms with E-state index >= 15 is 0 Å². The Hall–Kier alpha value is -1.16. The number of hydrogen-bond acceptors (Lipinski definition) is 3. The predicted molar refractivity (Wildman–Crippen MR) is 51.8 cm³/mol. The summed E-state index contributed by atoms with van der Waals surface area (Å²) in [6.07, 6.45) is 2.54. The summed E-state index contributed by atoms with van der Waals surface area (Å²) in [5, 5.41) is 0. The molecule has 76 valence electrons. The molecule has 0 spiro atoms. The van der Waals surface area contributed by atoms with Gasteiger partial charge >= 0.3 is 0 Å². The highest BCUT2D eigenvalue weighted by molar-refractivity contribution is 5.39. The smallest absolute Gasteiger partial charge is 0.165 e. The molecular formula is C10H13FN2O. The fourth-order valence-electron chi connectivity index (χ4n) is 1.64. The molecule has 0 saturated carbocycles. The van der Waals surface area contributed by atoms with Gasteiger partial charge in [0.25, 0.3) is 0 Å². The fraction of sp³-hybridized carbons (Fsp3) is 0.500. The topological polar surface area (TPSA) is 25.4 Å². The van der Waals surface area contributed by atoms with Crippen LogP contribution in [0.2, 0.25) is 0 Å². The van der Waals surface area contributed by atoms with Crippen molar-refractivity contribution in [3.63, 3.8) is 0 Å². The van der Waals surface area contributed by atoms with Crippen molar-refractivity contribution in [1.82, 2.24) is 4.98 Å². The van der Waals surface area contributed by atoms with Crippen molar-refractivity contribution in [3.05, 3.63) is 24.1 Å². The van der Waals surface area contributed by atoms with Crippen LogP contribution in [0.3, 0.4) is 0 Å². The molecule has 0 amide bonds. The lowest BCUT2D eigenvalue weighted by molar-refractivity contribution is 0.193. The number of hydrogen-bond donors (Lipinski definition) is 0. The Morgan fingerprint density at radius 3 is 3.14 bits per heavy atom. The van der Waals surface area contributed by atoms with Crippen molar-refractivity contribution in [2.75, 3.05) is 25.2 Å². The molecule has 1 aromatic rings. The van der Waals surface area contributed by atoms with Crippen molar-refractivity contribution >= 4 is 5.82 Å². The van der Waals surface area contributed by atoms with E-state index in [1.807, 2.05) is 11.9 Å². The summed E-state index contributed by atoms with van der Waals surface area (Å²) in [6.45, 7) is 1.41. The first kappa shape index (κ1) is 9.40. The molecule has 1 aliphatic rings. The largest absolute Gasteiger partial charge is 0.379 e. The molecule has 2 heterocycles. The van der Waals surface area contributed by atoms with Crippen LogP contribution >= 0.6 is 0 Å². The van der Waals surface area contributed by atoms with Gasteiger partial charge in [-0.25, -0.2) is 9.37 Å². The number of pyridine rings is 1. The van der Waals surface area contributed by atoms with Crippen LogP contribution in [0, 0.1) is 5.82 Å². The van der Waals surface area contributed by atoms with Crippen LogP contribution in [-0.4, -0.2) is 31.3 Å². The van der Waals surface area contributed by atoms with E-state index in [4.69, 9.17) is 4.74 Å². The molecule has 4 heteroatoms. The van der Waals surface area contributed by atoms with Crippen LogP contribution in [0.4, 0.5) is 10.2 Å². The van der Waals surface area contributed by atoms with Crippen molar-refractivity contribution < 1.29 is 9.13 Å². The molecule has 1 atom stereocenters. The van der Waals surface area contributed by atoms with Gasteiger partial charge in [0.15, 0.2) is 11.6 Å². The lowest BCUT2D eigenvalue weighted by atomic mass is 10.2. The van der Waals surface area contributed by atoms with Crippen molar-refractivity contribution in [2.45, 2.75) is 12.5 Å². The summed E-state index contributed by atoms with van der Waals surface area (Å²) in [5.74, 6) is 0.130. The molecule has 1 saturated heterocycles. The summed E-state index contributed by atoms with van der Waals surface area (Å²) in [4.78, 5) is 5.87. The number of halogens is 1. The first-order valence-corrected chi connectivity index (χ1v) is 4.70. The van der Waals surface area contributed by atoms with Crippen molar-refractivity contribution in [3.8, 4) is 0 Å². The molecule has 1 aliphatic heterocycles. The van der Waals surface area contributed by atoms with E-state index in [9.17, 15) is 4.39 Å². The first-order chi connectivity index (χ1) is 6.79. The first-order valence-electron chi connectivity index (χ1n) is 4.70. The Labute approximate surface area is 82.5 Å². The van der Waals surface area contributed by atoms with E-state index in [1.165, 1.54) is 6.07 Å². The molecule has 0 aromatic carbocycles. The molecule has 0 N–H and O–H groups in total. The second-order valence-corrected chi connectivity index (χ2v) is 3.44. The monoisotopic (exact) mass is 196 g/mol. The van der Waals surface area contributed by atoms with Gasteiger partial charge in [-0.2, -0.15) is 0 Å². The second-order valence-electron chi connectivity index (χ2n) is 3.44. The van der Waals surface area contributed by atoms with Crippen LogP contribution in [0.15, 0.2) is 18.3 Å². The molecule has 0 unspecified atom stereocenters. The summed E-state index contributed by atoms with van der Waals surface area (Å²) in [5.41, 5.74) is 0. The highest BCUT2D eigenvalue weighted by Crippen LogP contribution is 2.20. The maximum Gasteiger partial charge on any atom is 0.165 e.